The lowest BCUT2D eigenvalue weighted by Gasteiger charge is -2.30. The summed E-state index contributed by atoms with van der Waals surface area (Å²) in [7, 11) is 0. The first-order valence-corrected chi connectivity index (χ1v) is 8.55. The molecule has 1 aromatic heterocycles. The van der Waals surface area contributed by atoms with E-state index >= 15 is 0 Å². The molecule has 94 valence electrons. The van der Waals surface area contributed by atoms with E-state index in [4.69, 9.17) is 0 Å². The second-order valence-corrected chi connectivity index (χ2v) is 8.42. The molecule has 1 fully saturated rings. The minimum atomic E-state index is 0.140. The summed E-state index contributed by atoms with van der Waals surface area (Å²) >= 11 is 5.59. The lowest BCUT2D eigenvalue weighted by molar-refractivity contribution is 0.102. The molecule has 5 heteroatoms. The van der Waals surface area contributed by atoms with Crippen LogP contribution in [0.2, 0.25) is 0 Å². The minimum absolute atomic E-state index is 0.140. The molecule has 1 aliphatic rings. The van der Waals surface area contributed by atoms with Crippen molar-refractivity contribution >= 4 is 40.6 Å². The number of ketones is 1. The van der Waals surface area contributed by atoms with Crippen molar-refractivity contribution in [3.8, 4) is 0 Å². The molecular formula is C12H17NOS3. The predicted molar refractivity (Wildman–Crippen MR) is 78.6 cm³/mol. The number of thiazole rings is 1. The second kappa shape index (κ2) is 5.33. The normalized spacial score (nSPS) is 29.3. The van der Waals surface area contributed by atoms with Crippen molar-refractivity contribution in [3.63, 3.8) is 0 Å². The van der Waals surface area contributed by atoms with Crippen LogP contribution in [0.5, 0.6) is 0 Å². The quantitative estimate of drug-likeness (QED) is 0.770. The number of thioether (sulfide) groups is 2. The Balaban J connectivity index is 2.18. The number of aromatic nitrogens is 1. The maximum atomic E-state index is 11.4. The van der Waals surface area contributed by atoms with Crippen molar-refractivity contribution in [3.05, 3.63) is 15.6 Å². The lowest BCUT2D eigenvalue weighted by atomic mass is 10.3. The van der Waals surface area contributed by atoms with Crippen molar-refractivity contribution in [1.82, 2.24) is 4.98 Å². The summed E-state index contributed by atoms with van der Waals surface area (Å²) in [5, 5.41) is 2.96. The molecule has 0 radical (unpaired) electrons. The van der Waals surface area contributed by atoms with Crippen LogP contribution in [0.3, 0.4) is 0 Å². The van der Waals surface area contributed by atoms with Crippen LogP contribution in [0.1, 0.15) is 46.4 Å². The smallest absolute Gasteiger partial charge is 0.171 e. The summed E-state index contributed by atoms with van der Waals surface area (Å²) in [6, 6.07) is 0. The number of hydrogen-bond acceptors (Lipinski definition) is 5. The Morgan fingerprint density at radius 3 is 2.59 bits per heavy atom. The molecule has 0 N–H and O–H groups in total. The Hall–Kier alpha value is -0.0000000000000000555. The second-order valence-electron chi connectivity index (χ2n) is 4.39. The van der Waals surface area contributed by atoms with Gasteiger partial charge in [-0.2, -0.15) is 11.8 Å². The molecule has 1 saturated heterocycles. The van der Waals surface area contributed by atoms with Crippen LogP contribution in [0.4, 0.5) is 0 Å². The third-order valence-corrected chi connectivity index (χ3v) is 7.88. The Morgan fingerprint density at radius 1 is 1.35 bits per heavy atom. The highest BCUT2D eigenvalue weighted by Gasteiger charge is 2.29. The van der Waals surface area contributed by atoms with Gasteiger partial charge in [-0.15, -0.1) is 23.1 Å². The molecule has 1 aliphatic heterocycles. The number of aryl methyl sites for hydroxylation is 1. The molecule has 3 unspecified atom stereocenters. The highest BCUT2D eigenvalue weighted by molar-refractivity contribution is 8.07. The number of nitrogens with zero attached hydrogens (tertiary/aromatic N) is 1. The summed E-state index contributed by atoms with van der Waals surface area (Å²) in [6.07, 6.45) is 0. The molecule has 0 aromatic carbocycles. The van der Waals surface area contributed by atoms with Gasteiger partial charge < -0.3 is 0 Å². The molecule has 1 aromatic rings. The van der Waals surface area contributed by atoms with Crippen molar-refractivity contribution in [2.24, 2.45) is 0 Å². The monoisotopic (exact) mass is 287 g/mol. The van der Waals surface area contributed by atoms with Gasteiger partial charge in [0.05, 0.1) is 15.8 Å². The zero-order valence-electron chi connectivity index (χ0n) is 10.5. The number of hydrogen-bond donors (Lipinski definition) is 0. The number of carbonyl (C=O) groups excluding carboxylic acids is 1. The van der Waals surface area contributed by atoms with Crippen LogP contribution in [-0.4, -0.2) is 27.0 Å². The van der Waals surface area contributed by atoms with Gasteiger partial charge in [0.15, 0.2) is 5.78 Å². The molecular weight excluding hydrogens is 270 g/mol. The first-order chi connectivity index (χ1) is 7.99. The van der Waals surface area contributed by atoms with Crippen LogP contribution < -0.4 is 0 Å². The number of carbonyl (C=O) groups is 1. The standard InChI is InChI=1S/C12H17NOS3/c1-6-11(7(2)14)17-12(13-6)10-5-15-8(3)9(4)16-10/h8-10H,5H2,1-4H3. The summed E-state index contributed by atoms with van der Waals surface area (Å²) < 4.78 is 0. The van der Waals surface area contributed by atoms with Crippen LogP contribution in [-0.2, 0) is 0 Å². The zero-order chi connectivity index (χ0) is 12.6. The van der Waals surface area contributed by atoms with E-state index in [9.17, 15) is 4.79 Å². The highest BCUT2D eigenvalue weighted by atomic mass is 32.2. The first kappa shape index (κ1) is 13.4. The van der Waals surface area contributed by atoms with Gasteiger partial charge in [0.2, 0.25) is 0 Å². The average molecular weight is 287 g/mol. The summed E-state index contributed by atoms with van der Waals surface area (Å²) in [6.45, 7) is 8.12. The maximum absolute atomic E-state index is 11.4. The molecule has 3 atom stereocenters. The molecule has 2 nitrogen and oxygen atoms in total. The number of Topliss-reactive ketones (excluding diaryl/α,β-unsaturated/α-hetero) is 1. The fourth-order valence-electron chi connectivity index (χ4n) is 1.79. The van der Waals surface area contributed by atoms with Gasteiger partial charge in [0.25, 0.3) is 0 Å². The summed E-state index contributed by atoms with van der Waals surface area (Å²) in [5.74, 6) is 1.25. The fraction of sp³-hybridized carbons (Fsp3) is 0.667. The molecule has 2 heterocycles. The van der Waals surface area contributed by atoms with E-state index in [-0.39, 0.29) is 5.78 Å². The molecule has 2 rings (SSSR count). The van der Waals surface area contributed by atoms with Crippen molar-refractivity contribution < 1.29 is 4.79 Å². The summed E-state index contributed by atoms with van der Waals surface area (Å²) in [5.41, 5.74) is 0.898. The third kappa shape index (κ3) is 2.88. The molecule has 0 saturated carbocycles. The SMILES string of the molecule is CC(=O)c1sc(C2CSC(C)C(C)S2)nc1C. The van der Waals surface area contributed by atoms with E-state index < -0.39 is 0 Å². The fourth-order valence-corrected chi connectivity index (χ4v) is 5.95. The van der Waals surface area contributed by atoms with E-state index in [2.05, 4.69) is 18.8 Å². The van der Waals surface area contributed by atoms with E-state index in [0.29, 0.717) is 15.7 Å². The predicted octanol–water partition coefficient (Wildman–Crippen LogP) is 3.95. The Bertz CT molecular complexity index is 429. The molecule has 0 aliphatic carbocycles. The van der Waals surface area contributed by atoms with Gasteiger partial charge in [0.1, 0.15) is 5.01 Å². The van der Waals surface area contributed by atoms with Crippen molar-refractivity contribution in [1.29, 1.82) is 0 Å². The van der Waals surface area contributed by atoms with Gasteiger partial charge >= 0.3 is 0 Å². The molecule has 0 spiro atoms. The van der Waals surface area contributed by atoms with Crippen molar-refractivity contribution in [2.75, 3.05) is 5.75 Å². The van der Waals surface area contributed by atoms with Crippen LogP contribution in [0, 0.1) is 6.92 Å². The van der Waals surface area contributed by atoms with Gasteiger partial charge in [-0.05, 0) is 6.92 Å². The van der Waals surface area contributed by atoms with Gasteiger partial charge in [-0.1, -0.05) is 13.8 Å². The molecule has 0 amide bonds. The largest absolute Gasteiger partial charge is 0.294 e. The van der Waals surface area contributed by atoms with Crippen LogP contribution in [0.25, 0.3) is 0 Å². The van der Waals surface area contributed by atoms with Gasteiger partial charge in [-0.3, -0.25) is 4.79 Å². The first-order valence-electron chi connectivity index (χ1n) is 5.74. The highest BCUT2D eigenvalue weighted by Crippen LogP contribution is 2.45. The molecule has 17 heavy (non-hydrogen) atoms. The van der Waals surface area contributed by atoms with Crippen molar-refractivity contribution in [2.45, 2.75) is 43.4 Å². The Morgan fingerprint density at radius 2 is 2.06 bits per heavy atom. The van der Waals surface area contributed by atoms with E-state index in [1.807, 2.05) is 30.4 Å². The lowest BCUT2D eigenvalue weighted by Crippen LogP contribution is -2.21. The third-order valence-electron chi connectivity index (χ3n) is 2.96. The van der Waals surface area contributed by atoms with E-state index in [0.717, 1.165) is 21.3 Å². The maximum Gasteiger partial charge on any atom is 0.171 e. The topological polar surface area (TPSA) is 30.0 Å². The Kier molecular flexibility index (Phi) is 4.21. The zero-order valence-corrected chi connectivity index (χ0v) is 13.0. The molecule has 0 bridgehead atoms. The van der Waals surface area contributed by atoms with Gasteiger partial charge in [-0.25, -0.2) is 4.98 Å². The Labute approximate surface area is 115 Å². The van der Waals surface area contributed by atoms with Crippen LogP contribution in [0.15, 0.2) is 0 Å². The van der Waals surface area contributed by atoms with E-state index in [1.54, 1.807) is 18.3 Å². The summed E-state index contributed by atoms with van der Waals surface area (Å²) in [4.78, 5) is 16.8. The van der Waals surface area contributed by atoms with E-state index in [1.165, 1.54) is 0 Å². The number of rotatable bonds is 2. The van der Waals surface area contributed by atoms with Gasteiger partial charge in [0, 0.05) is 23.2 Å². The minimum Gasteiger partial charge on any atom is -0.294 e. The average Bonchev–Trinajstić information content (AvgIpc) is 2.64. The van der Waals surface area contributed by atoms with Crippen LogP contribution >= 0.6 is 34.9 Å².